The molecule has 1 fully saturated rings. The molecular formula is C31H43N5O5. The van der Waals surface area contributed by atoms with E-state index in [1.807, 2.05) is 35.4 Å². The van der Waals surface area contributed by atoms with Gasteiger partial charge in [0, 0.05) is 57.5 Å². The first-order chi connectivity index (χ1) is 19.2. The van der Waals surface area contributed by atoms with Crippen molar-refractivity contribution < 1.29 is 19.4 Å². The van der Waals surface area contributed by atoms with Gasteiger partial charge in [0.25, 0.3) is 5.56 Å². The lowest BCUT2D eigenvalue weighted by Crippen LogP contribution is -2.47. The number of carbonyl (C=O) groups excluding carboxylic acids is 2. The van der Waals surface area contributed by atoms with Crippen molar-refractivity contribution in [1.82, 2.24) is 24.3 Å². The number of piperidine rings is 1. The monoisotopic (exact) mass is 565 g/mol. The lowest BCUT2D eigenvalue weighted by atomic mass is 9.97. The summed E-state index contributed by atoms with van der Waals surface area (Å²) < 4.78 is 9.27. The second-order valence-electron chi connectivity index (χ2n) is 12.3. The minimum Gasteiger partial charge on any atom is -0.459 e. The summed E-state index contributed by atoms with van der Waals surface area (Å²) in [7, 11) is 1.74. The Kier molecular flexibility index (Phi) is 9.03. The Morgan fingerprint density at radius 3 is 2.61 bits per heavy atom. The molecule has 0 saturated carbocycles. The summed E-state index contributed by atoms with van der Waals surface area (Å²) in [4.78, 5) is 44.1. The second-order valence-corrected chi connectivity index (χ2v) is 12.3. The number of carbonyl (C=O) groups is 2. The highest BCUT2D eigenvalue weighted by Gasteiger charge is 2.29. The van der Waals surface area contributed by atoms with Gasteiger partial charge in [-0.3, -0.25) is 19.7 Å². The zero-order chi connectivity index (χ0) is 30.1. The highest BCUT2D eigenvalue weighted by molar-refractivity contribution is 5.81. The number of aliphatic hydroxyl groups excluding tert-OH is 1. The molecule has 1 saturated heterocycles. The number of hydrogen-bond donors (Lipinski definition) is 2. The quantitative estimate of drug-likeness (QED) is 0.403. The summed E-state index contributed by atoms with van der Waals surface area (Å²) in [5.41, 5.74) is 3.44. The molecule has 222 valence electrons. The number of aryl methyl sites for hydroxylation is 2. The lowest BCUT2D eigenvalue weighted by molar-refractivity contribution is -0.160. The number of hydrogen-bond acceptors (Lipinski definition) is 7. The number of pyridine rings is 1. The predicted octanol–water partition coefficient (Wildman–Crippen LogP) is 3.15. The molecule has 10 heteroatoms. The van der Waals surface area contributed by atoms with Crippen LogP contribution in [0, 0.1) is 12.8 Å². The van der Waals surface area contributed by atoms with Gasteiger partial charge in [-0.1, -0.05) is 6.07 Å². The van der Waals surface area contributed by atoms with Crippen molar-refractivity contribution in [3.63, 3.8) is 0 Å². The Morgan fingerprint density at radius 2 is 1.98 bits per heavy atom. The number of amides is 1. The van der Waals surface area contributed by atoms with Crippen LogP contribution >= 0.6 is 0 Å². The largest absolute Gasteiger partial charge is 0.459 e. The highest BCUT2D eigenvalue weighted by atomic mass is 16.6. The van der Waals surface area contributed by atoms with E-state index in [4.69, 9.17) is 9.72 Å². The van der Waals surface area contributed by atoms with E-state index in [1.54, 1.807) is 53.2 Å². The fourth-order valence-electron chi connectivity index (χ4n) is 5.49. The molecule has 0 bridgehead atoms. The summed E-state index contributed by atoms with van der Waals surface area (Å²) in [5.74, 6) is 0.605. The number of nitrogens with zero attached hydrogens (tertiary/aromatic N) is 4. The maximum atomic E-state index is 12.7. The maximum absolute atomic E-state index is 12.7. The van der Waals surface area contributed by atoms with Gasteiger partial charge in [0.15, 0.2) is 0 Å². The molecule has 4 rings (SSSR count). The van der Waals surface area contributed by atoms with Crippen molar-refractivity contribution in [2.45, 2.75) is 85.2 Å². The number of imidazole rings is 1. The molecule has 1 unspecified atom stereocenters. The molecule has 1 amide bonds. The molecule has 0 radical (unpaired) electrons. The molecule has 3 heterocycles. The number of ether oxygens (including phenoxy) is 1. The van der Waals surface area contributed by atoms with E-state index in [-0.39, 0.29) is 17.4 Å². The number of benzene rings is 1. The van der Waals surface area contributed by atoms with E-state index in [9.17, 15) is 19.5 Å². The maximum Gasteiger partial charge on any atom is 0.326 e. The Labute approximate surface area is 241 Å². The molecule has 2 N–H and O–H groups in total. The van der Waals surface area contributed by atoms with Crippen LogP contribution in [0.5, 0.6) is 0 Å². The first kappa shape index (κ1) is 30.5. The normalized spacial score (nSPS) is 17.5. The first-order valence-electron chi connectivity index (χ1n) is 14.3. The van der Waals surface area contributed by atoms with Gasteiger partial charge in [0.2, 0.25) is 5.91 Å². The van der Waals surface area contributed by atoms with E-state index >= 15 is 0 Å². The highest BCUT2D eigenvalue weighted by Crippen LogP contribution is 2.29. The molecule has 0 aliphatic carbocycles. The third-order valence-corrected chi connectivity index (χ3v) is 7.51. The zero-order valence-electron chi connectivity index (χ0n) is 25.2. The van der Waals surface area contributed by atoms with Crippen LogP contribution in [0.3, 0.4) is 0 Å². The number of aliphatic hydroxyl groups is 1. The van der Waals surface area contributed by atoms with E-state index in [0.717, 1.165) is 47.4 Å². The molecule has 3 aromatic rings. The first-order valence-corrected chi connectivity index (χ1v) is 14.3. The van der Waals surface area contributed by atoms with Gasteiger partial charge in [-0.25, -0.2) is 4.98 Å². The van der Waals surface area contributed by atoms with E-state index in [2.05, 4.69) is 9.88 Å². The number of esters is 1. The van der Waals surface area contributed by atoms with Gasteiger partial charge < -0.3 is 23.9 Å². The van der Waals surface area contributed by atoms with Crippen LogP contribution in [0.4, 0.5) is 0 Å². The molecule has 1 aromatic carbocycles. The minimum absolute atomic E-state index is 0.0493. The van der Waals surface area contributed by atoms with Gasteiger partial charge in [0.1, 0.15) is 17.5 Å². The summed E-state index contributed by atoms with van der Waals surface area (Å²) in [6, 6.07) is 6.95. The fourth-order valence-corrected chi connectivity index (χ4v) is 5.49. The van der Waals surface area contributed by atoms with Crippen LogP contribution in [-0.4, -0.2) is 66.8 Å². The summed E-state index contributed by atoms with van der Waals surface area (Å²) >= 11 is 0. The Balaban J connectivity index is 1.70. The molecule has 2 aromatic heterocycles. The Hall–Kier alpha value is -3.50. The molecule has 41 heavy (non-hydrogen) atoms. The van der Waals surface area contributed by atoms with Crippen molar-refractivity contribution in [3.05, 3.63) is 51.9 Å². The average molecular weight is 566 g/mol. The standard InChI is InChI=1S/C31H43N5O5/c1-19-13-24(18-34(7)29(19)39)28-33-25-11-10-22(15-32-27(20(2)37)30(40)41-31(4,5)6)14-26(25)36(28)17-23-9-8-12-35(16-23)21(3)38/h10-11,13-14,18,20,23,27,32,37H,8-9,12,15-17H2,1-7H3/t20-,23?,27+/m1/s1. The number of fused-ring (bicyclic) bond motifs is 1. The molecule has 3 atom stereocenters. The van der Waals surface area contributed by atoms with Crippen molar-refractivity contribution in [3.8, 4) is 11.4 Å². The molecule has 10 nitrogen and oxygen atoms in total. The van der Waals surface area contributed by atoms with Gasteiger partial charge in [-0.05, 0) is 77.1 Å². The van der Waals surface area contributed by atoms with E-state index < -0.39 is 23.7 Å². The summed E-state index contributed by atoms with van der Waals surface area (Å²) in [6.45, 7) is 12.8. The molecule has 0 spiro atoms. The van der Waals surface area contributed by atoms with Gasteiger partial charge in [-0.2, -0.15) is 0 Å². The van der Waals surface area contributed by atoms with Gasteiger partial charge in [-0.15, -0.1) is 0 Å². The minimum atomic E-state index is -0.936. The molecule has 1 aliphatic heterocycles. The lowest BCUT2D eigenvalue weighted by Gasteiger charge is -2.32. The average Bonchev–Trinajstić information content (AvgIpc) is 3.23. The number of likely N-dealkylation sites (tertiary alicyclic amines) is 1. The van der Waals surface area contributed by atoms with Crippen LogP contribution in [0.15, 0.2) is 35.3 Å². The smallest absolute Gasteiger partial charge is 0.326 e. The number of aromatic nitrogens is 3. The summed E-state index contributed by atoms with van der Waals surface area (Å²) in [5, 5.41) is 13.4. The predicted molar refractivity (Wildman–Crippen MR) is 158 cm³/mol. The SMILES string of the molecule is CC(=O)N1CCCC(Cn2c(-c3cc(C)c(=O)n(C)c3)nc3ccc(CN[C@H](C(=O)OC(C)(C)C)[C@@H](C)O)cc32)C1. The molecular weight excluding hydrogens is 522 g/mol. The van der Waals surface area contributed by atoms with Crippen molar-refractivity contribution in [2.24, 2.45) is 13.0 Å². The third kappa shape index (κ3) is 7.23. The van der Waals surface area contributed by atoms with E-state index in [0.29, 0.717) is 25.2 Å². The Morgan fingerprint density at radius 1 is 1.24 bits per heavy atom. The van der Waals surface area contributed by atoms with E-state index in [1.165, 1.54) is 0 Å². The van der Waals surface area contributed by atoms with Gasteiger partial charge >= 0.3 is 5.97 Å². The van der Waals surface area contributed by atoms with Gasteiger partial charge in [0.05, 0.1) is 17.1 Å². The van der Waals surface area contributed by atoms with Crippen molar-refractivity contribution in [2.75, 3.05) is 13.1 Å². The van der Waals surface area contributed by atoms with Crippen LogP contribution in [0.2, 0.25) is 0 Å². The topological polar surface area (TPSA) is 119 Å². The summed E-state index contributed by atoms with van der Waals surface area (Å²) in [6.07, 6.45) is 2.83. The van der Waals surface area contributed by atoms with Crippen LogP contribution < -0.4 is 10.9 Å². The van der Waals surface area contributed by atoms with Crippen LogP contribution in [0.1, 0.15) is 58.6 Å². The third-order valence-electron chi connectivity index (χ3n) is 7.51. The Bertz CT molecular complexity index is 1460. The number of rotatable bonds is 8. The van der Waals surface area contributed by atoms with Crippen molar-refractivity contribution in [1.29, 1.82) is 0 Å². The number of nitrogens with one attached hydrogen (secondary N) is 1. The molecule has 1 aliphatic rings. The zero-order valence-corrected chi connectivity index (χ0v) is 25.2. The second kappa shape index (κ2) is 12.2. The fraction of sp³-hybridized carbons (Fsp3) is 0.548. The van der Waals surface area contributed by atoms with Crippen molar-refractivity contribution >= 4 is 22.9 Å². The van der Waals surface area contributed by atoms with Crippen LogP contribution in [0.25, 0.3) is 22.4 Å². The van der Waals surface area contributed by atoms with Crippen LogP contribution in [-0.2, 0) is 34.5 Å².